The molecule has 1 aliphatic rings. The van der Waals surface area contributed by atoms with Crippen molar-refractivity contribution in [3.05, 3.63) is 29.0 Å². The van der Waals surface area contributed by atoms with Gasteiger partial charge in [-0.25, -0.2) is 0 Å². The Morgan fingerprint density at radius 2 is 2.19 bits per heavy atom. The number of nitrogens with zero attached hydrogens (tertiary/aromatic N) is 2. The van der Waals surface area contributed by atoms with Crippen LogP contribution in [0.15, 0.2) is 18.5 Å². The third kappa shape index (κ3) is 2.73. The maximum atomic E-state index is 10.5. The molecule has 0 unspecified atom stereocenters. The second-order valence-electron chi connectivity index (χ2n) is 4.67. The number of aliphatic hydroxyl groups is 1. The number of aromatic nitrogens is 1. The number of likely N-dealkylation sites (tertiary alicyclic amines) is 1. The molecule has 0 bridgehead atoms. The van der Waals surface area contributed by atoms with Crippen molar-refractivity contribution in [3.63, 3.8) is 0 Å². The van der Waals surface area contributed by atoms with E-state index < -0.39 is 5.60 Å². The molecule has 0 atom stereocenters. The highest BCUT2D eigenvalue weighted by atomic mass is 35.5. The van der Waals surface area contributed by atoms with Crippen LogP contribution in [-0.4, -0.2) is 40.7 Å². The summed E-state index contributed by atoms with van der Waals surface area (Å²) >= 11 is 6.05. The van der Waals surface area contributed by atoms with Crippen LogP contribution in [0.25, 0.3) is 0 Å². The summed E-state index contributed by atoms with van der Waals surface area (Å²) in [5, 5.41) is 11.1. The van der Waals surface area contributed by atoms with Crippen LogP contribution in [0.3, 0.4) is 0 Å². The molecule has 0 spiro atoms. The van der Waals surface area contributed by atoms with Crippen molar-refractivity contribution in [2.24, 2.45) is 0 Å². The molecule has 3 nitrogen and oxygen atoms in total. The highest BCUT2D eigenvalue weighted by Gasteiger charge is 2.31. The van der Waals surface area contributed by atoms with Crippen molar-refractivity contribution < 1.29 is 5.11 Å². The molecule has 0 radical (unpaired) electrons. The maximum Gasteiger partial charge on any atom is 0.0712 e. The quantitative estimate of drug-likeness (QED) is 0.856. The lowest BCUT2D eigenvalue weighted by Crippen LogP contribution is -2.44. The summed E-state index contributed by atoms with van der Waals surface area (Å²) in [6.07, 6.45) is 5.60. The van der Waals surface area contributed by atoms with Crippen molar-refractivity contribution >= 4 is 11.6 Å². The first-order valence-corrected chi connectivity index (χ1v) is 5.96. The summed E-state index contributed by atoms with van der Waals surface area (Å²) in [7, 11) is 2.08. The Balaban J connectivity index is 2.07. The number of halogens is 1. The van der Waals surface area contributed by atoms with Crippen LogP contribution < -0.4 is 0 Å². The van der Waals surface area contributed by atoms with Gasteiger partial charge in [-0.3, -0.25) is 4.98 Å². The predicted octanol–water partition coefficient (Wildman–Crippen LogP) is 1.73. The van der Waals surface area contributed by atoms with E-state index in [0.29, 0.717) is 11.4 Å². The van der Waals surface area contributed by atoms with Crippen molar-refractivity contribution in [2.45, 2.75) is 24.9 Å². The van der Waals surface area contributed by atoms with Gasteiger partial charge in [-0.1, -0.05) is 11.6 Å². The van der Waals surface area contributed by atoms with Gasteiger partial charge < -0.3 is 10.0 Å². The zero-order valence-corrected chi connectivity index (χ0v) is 10.2. The van der Waals surface area contributed by atoms with Crippen molar-refractivity contribution in [1.82, 2.24) is 9.88 Å². The molecule has 2 heterocycles. The first-order valence-electron chi connectivity index (χ1n) is 5.58. The van der Waals surface area contributed by atoms with Crippen LogP contribution in [0, 0.1) is 0 Å². The van der Waals surface area contributed by atoms with E-state index in [9.17, 15) is 5.11 Å². The average Bonchev–Trinajstić information content (AvgIpc) is 2.27. The Morgan fingerprint density at radius 3 is 2.81 bits per heavy atom. The molecule has 1 aliphatic heterocycles. The molecule has 0 amide bonds. The molecule has 0 aliphatic carbocycles. The molecule has 16 heavy (non-hydrogen) atoms. The fourth-order valence-electron chi connectivity index (χ4n) is 2.11. The molecule has 4 heteroatoms. The lowest BCUT2D eigenvalue weighted by molar-refractivity contribution is -0.0150. The summed E-state index contributed by atoms with van der Waals surface area (Å²) in [5.74, 6) is 0. The Kier molecular flexibility index (Phi) is 3.47. The van der Waals surface area contributed by atoms with E-state index in [1.54, 1.807) is 12.4 Å². The Labute approximate surface area is 101 Å². The molecule has 0 saturated carbocycles. The molecule has 1 saturated heterocycles. The third-order valence-corrected chi connectivity index (χ3v) is 3.63. The minimum Gasteiger partial charge on any atom is -0.389 e. The number of rotatable bonds is 2. The highest BCUT2D eigenvalue weighted by Crippen LogP contribution is 2.28. The summed E-state index contributed by atoms with van der Waals surface area (Å²) in [4.78, 5) is 6.19. The fourth-order valence-corrected chi connectivity index (χ4v) is 2.30. The number of pyridine rings is 1. The van der Waals surface area contributed by atoms with E-state index >= 15 is 0 Å². The molecule has 1 aromatic rings. The summed E-state index contributed by atoms with van der Waals surface area (Å²) in [6.45, 7) is 1.89. The smallest absolute Gasteiger partial charge is 0.0712 e. The standard InChI is InChI=1S/C12H17ClN2O/c1-15-6-3-12(16,4-7-15)8-10-2-5-14-9-11(10)13/h2,5,9,16H,3-4,6-8H2,1H3. The molecule has 1 aromatic heterocycles. The number of hydrogen-bond donors (Lipinski definition) is 1. The van der Waals surface area contributed by atoms with Crippen LogP contribution >= 0.6 is 11.6 Å². The second kappa shape index (κ2) is 4.70. The Bertz CT molecular complexity index is 362. The van der Waals surface area contributed by atoms with Gasteiger partial charge in [0, 0.05) is 31.9 Å². The first kappa shape index (κ1) is 11.8. The van der Waals surface area contributed by atoms with E-state index in [4.69, 9.17) is 11.6 Å². The van der Waals surface area contributed by atoms with Gasteiger partial charge in [-0.15, -0.1) is 0 Å². The average molecular weight is 241 g/mol. The molecular weight excluding hydrogens is 224 g/mol. The highest BCUT2D eigenvalue weighted by molar-refractivity contribution is 6.31. The van der Waals surface area contributed by atoms with Gasteiger partial charge in [0.2, 0.25) is 0 Å². The van der Waals surface area contributed by atoms with Gasteiger partial charge in [0.1, 0.15) is 0 Å². The summed E-state index contributed by atoms with van der Waals surface area (Å²) in [6, 6.07) is 1.89. The predicted molar refractivity (Wildman–Crippen MR) is 64.6 cm³/mol. The van der Waals surface area contributed by atoms with Gasteiger partial charge in [-0.2, -0.15) is 0 Å². The molecule has 1 fully saturated rings. The van der Waals surface area contributed by atoms with Crippen LogP contribution in [-0.2, 0) is 6.42 Å². The zero-order valence-electron chi connectivity index (χ0n) is 9.49. The van der Waals surface area contributed by atoms with E-state index in [-0.39, 0.29) is 0 Å². The van der Waals surface area contributed by atoms with Gasteiger partial charge in [0.15, 0.2) is 0 Å². The van der Waals surface area contributed by atoms with Gasteiger partial charge in [0.05, 0.1) is 10.6 Å². The minimum atomic E-state index is -0.600. The van der Waals surface area contributed by atoms with Crippen molar-refractivity contribution in [1.29, 1.82) is 0 Å². The number of piperidine rings is 1. The summed E-state index contributed by atoms with van der Waals surface area (Å²) in [5.41, 5.74) is 0.390. The van der Waals surface area contributed by atoms with Crippen LogP contribution in [0.1, 0.15) is 18.4 Å². The topological polar surface area (TPSA) is 36.4 Å². The van der Waals surface area contributed by atoms with E-state index in [2.05, 4.69) is 16.9 Å². The first-order chi connectivity index (χ1) is 7.59. The maximum absolute atomic E-state index is 10.5. The number of hydrogen-bond acceptors (Lipinski definition) is 3. The van der Waals surface area contributed by atoms with E-state index in [1.807, 2.05) is 6.07 Å². The molecule has 88 valence electrons. The largest absolute Gasteiger partial charge is 0.389 e. The fraction of sp³-hybridized carbons (Fsp3) is 0.583. The van der Waals surface area contributed by atoms with Gasteiger partial charge in [-0.05, 0) is 31.5 Å². The lowest BCUT2D eigenvalue weighted by atomic mass is 9.86. The van der Waals surface area contributed by atoms with Crippen molar-refractivity contribution in [3.8, 4) is 0 Å². The SMILES string of the molecule is CN1CCC(O)(Cc2ccncc2Cl)CC1. The van der Waals surface area contributed by atoms with E-state index in [0.717, 1.165) is 31.5 Å². The normalized spacial score (nSPS) is 20.9. The second-order valence-corrected chi connectivity index (χ2v) is 5.08. The lowest BCUT2D eigenvalue weighted by Gasteiger charge is -2.36. The minimum absolute atomic E-state index is 0.600. The zero-order chi connectivity index (χ0) is 11.6. The third-order valence-electron chi connectivity index (χ3n) is 3.29. The van der Waals surface area contributed by atoms with E-state index in [1.165, 1.54) is 0 Å². The van der Waals surface area contributed by atoms with Gasteiger partial charge in [0.25, 0.3) is 0 Å². The molecular formula is C12H17ClN2O. The monoisotopic (exact) mass is 240 g/mol. The molecule has 2 rings (SSSR count). The Hall–Kier alpha value is -0.640. The molecule has 0 aromatic carbocycles. The van der Waals surface area contributed by atoms with Crippen molar-refractivity contribution in [2.75, 3.05) is 20.1 Å². The Morgan fingerprint density at radius 1 is 1.50 bits per heavy atom. The van der Waals surface area contributed by atoms with Crippen LogP contribution in [0.2, 0.25) is 5.02 Å². The van der Waals surface area contributed by atoms with Gasteiger partial charge >= 0.3 is 0 Å². The summed E-state index contributed by atoms with van der Waals surface area (Å²) < 4.78 is 0. The molecule has 1 N–H and O–H groups in total. The van der Waals surface area contributed by atoms with Crippen LogP contribution in [0.4, 0.5) is 0 Å². The van der Waals surface area contributed by atoms with Crippen LogP contribution in [0.5, 0.6) is 0 Å².